The van der Waals surface area contributed by atoms with Crippen molar-refractivity contribution in [3.63, 3.8) is 0 Å². The number of imide groups is 1. The molecule has 10 heteroatoms. The number of amides is 2. The van der Waals surface area contributed by atoms with E-state index in [-0.39, 0.29) is 36.9 Å². The molecule has 4 N–H and O–H groups in total. The van der Waals surface area contributed by atoms with Gasteiger partial charge in [0, 0.05) is 23.1 Å². The van der Waals surface area contributed by atoms with E-state index in [2.05, 4.69) is 10.3 Å². The Morgan fingerprint density at radius 1 is 0.917 bits per heavy atom. The van der Waals surface area contributed by atoms with Gasteiger partial charge in [-0.2, -0.15) is 0 Å². The van der Waals surface area contributed by atoms with Crippen molar-refractivity contribution >= 4 is 47.6 Å². The molecule has 2 fully saturated rings. The summed E-state index contributed by atoms with van der Waals surface area (Å²) in [5.41, 5.74) is 5.98. The topological polar surface area (TPSA) is 132 Å². The maximum Gasteiger partial charge on any atom is 0.455 e. The third kappa shape index (κ3) is 6.17. The number of phenols is 1. The first-order valence-corrected chi connectivity index (χ1v) is 16.3. The number of aromatic nitrogens is 1. The Bertz CT molecular complexity index is 1860. The molecule has 3 aromatic carbocycles. The van der Waals surface area contributed by atoms with Gasteiger partial charge < -0.3 is 25.2 Å². The van der Waals surface area contributed by atoms with Crippen LogP contribution in [0.15, 0.2) is 114 Å². The number of aromatic hydroxyl groups is 1. The molecule has 2 amide bonds. The standard InChI is InChI=1S/C38H36BN3O6/c43-23-26-21-30-36(38(46)42(37(30)45)29-16-14-28(15-17-29)41-27-9-2-1-3-10-27)31-22-39(47)48-34(35(26)31)18-13-24(32-11-6-7-19-40-32)20-25-8-4-5-12-33(25)44/h1-12,14-17,19-20,30-31,34,36,41,43-44,47H,13,18,21-23H2/b24-20-/t30-,31+,34-,36-/m1/s1. The fraction of sp³-hybridized carbons (Fsp3) is 0.237. The van der Waals surface area contributed by atoms with Crippen LogP contribution in [-0.4, -0.2) is 51.9 Å². The second-order valence-electron chi connectivity index (χ2n) is 12.5. The number of anilines is 3. The molecule has 242 valence electrons. The molecule has 3 aliphatic rings. The summed E-state index contributed by atoms with van der Waals surface area (Å²) in [7, 11) is -1.14. The maximum atomic E-state index is 14.1. The number of carbonyl (C=O) groups excluding carboxylic acids is 2. The van der Waals surface area contributed by atoms with E-state index in [1.165, 1.54) is 4.90 Å². The summed E-state index contributed by atoms with van der Waals surface area (Å²) in [5, 5.41) is 35.3. The van der Waals surface area contributed by atoms with Crippen LogP contribution in [0.2, 0.25) is 6.32 Å². The first-order chi connectivity index (χ1) is 23.4. The third-order valence-electron chi connectivity index (χ3n) is 9.62. The van der Waals surface area contributed by atoms with Crippen molar-refractivity contribution in [2.45, 2.75) is 31.7 Å². The Balaban J connectivity index is 1.15. The van der Waals surface area contributed by atoms with Crippen molar-refractivity contribution in [2.24, 2.45) is 17.8 Å². The smallest absolute Gasteiger partial charge is 0.455 e. The lowest BCUT2D eigenvalue weighted by Crippen LogP contribution is -2.46. The van der Waals surface area contributed by atoms with E-state index in [1.807, 2.05) is 78.9 Å². The molecule has 4 atom stereocenters. The van der Waals surface area contributed by atoms with E-state index < -0.39 is 31.0 Å². The zero-order valence-electron chi connectivity index (χ0n) is 26.3. The molecule has 0 saturated carbocycles. The monoisotopic (exact) mass is 641 g/mol. The van der Waals surface area contributed by atoms with Crippen molar-refractivity contribution in [1.82, 2.24) is 4.98 Å². The molecule has 7 rings (SSSR count). The molecular weight excluding hydrogens is 605 g/mol. The van der Waals surface area contributed by atoms with Gasteiger partial charge in [-0.25, -0.2) is 0 Å². The van der Waals surface area contributed by atoms with Gasteiger partial charge in [0.05, 0.1) is 35.9 Å². The van der Waals surface area contributed by atoms with Gasteiger partial charge in [0.1, 0.15) is 5.75 Å². The van der Waals surface area contributed by atoms with Crippen molar-refractivity contribution < 1.29 is 29.5 Å². The van der Waals surface area contributed by atoms with Crippen LogP contribution < -0.4 is 10.2 Å². The lowest BCUT2D eigenvalue weighted by atomic mass is 9.58. The first kappa shape index (κ1) is 31.6. The summed E-state index contributed by atoms with van der Waals surface area (Å²) in [6.45, 7) is -0.271. The van der Waals surface area contributed by atoms with Crippen LogP contribution >= 0.6 is 0 Å². The summed E-state index contributed by atoms with van der Waals surface area (Å²) in [4.78, 5) is 33.8. The number of nitrogens with one attached hydrogen (secondary N) is 1. The number of pyridine rings is 1. The van der Waals surface area contributed by atoms with Gasteiger partial charge >= 0.3 is 7.12 Å². The quantitative estimate of drug-likeness (QED) is 0.102. The van der Waals surface area contributed by atoms with Gasteiger partial charge in [0.15, 0.2) is 0 Å². The lowest BCUT2D eigenvalue weighted by molar-refractivity contribution is -0.122. The second-order valence-corrected chi connectivity index (χ2v) is 12.5. The molecule has 0 unspecified atom stereocenters. The minimum atomic E-state index is -1.14. The number of aliphatic hydroxyl groups is 1. The molecule has 48 heavy (non-hydrogen) atoms. The molecule has 2 aliphatic heterocycles. The summed E-state index contributed by atoms with van der Waals surface area (Å²) >= 11 is 0. The number of hydrogen-bond donors (Lipinski definition) is 4. The maximum absolute atomic E-state index is 14.1. The Kier molecular flexibility index (Phi) is 8.95. The Hall–Kier alpha value is -5.03. The van der Waals surface area contributed by atoms with Crippen LogP contribution in [0, 0.1) is 17.8 Å². The summed E-state index contributed by atoms with van der Waals surface area (Å²) < 4.78 is 6.10. The fourth-order valence-corrected chi connectivity index (χ4v) is 7.46. The molecule has 3 heterocycles. The number of phenolic OH excluding ortho intramolecular Hbond substituents is 1. The van der Waals surface area contributed by atoms with Gasteiger partial charge in [0.2, 0.25) is 11.8 Å². The van der Waals surface area contributed by atoms with E-state index in [0.717, 1.165) is 28.2 Å². The minimum Gasteiger partial charge on any atom is -0.507 e. The van der Waals surface area contributed by atoms with E-state index >= 15 is 0 Å². The highest BCUT2D eigenvalue weighted by Crippen LogP contribution is 2.51. The van der Waals surface area contributed by atoms with Gasteiger partial charge in [-0.3, -0.25) is 19.5 Å². The highest BCUT2D eigenvalue weighted by Gasteiger charge is 2.57. The van der Waals surface area contributed by atoms with Gasteiger partial charge in [-0.15, -0.1) is 0 Å². The highest BCUT2D eigenvalue weighted by atomic mass is 16.5. The van der Waals surface area contributed by atoms with E-state index in [4.69, 9.17) is 4.65 Å². The van der Waals surface area contributed by atoms with Gasteiger partial charge in [-0.05, 0) is 109 Å². The highest BCUT2D eigenvalue weighted by molar-refractivity contribution is 6.43. The molecular formula is C38H36BN3O6. The fourth-order valence-electron chi connectivity index (χ4n) is 7.46. The van der Waals surface area contributed by atoms with Gasteiger partial charge in [-0.1, -0.05) is 42.5 Å². The van der Waals surface area contributed by atoms with Crippen molar-refractivity contribution in [2.75, 3.05) is 16.8 Å². The predicted molar refractivity (Wildman–Crippen MR) is 185 cm³/mol. The van der Waals surface area contributed by atoms with Gasteiger partial charge in [0.25, 0.3) is 0 Å². The Morgan fingerprint density at radius 3 is 2.38 bits per heavy atom. The normalized spacial score (nSPS) is 22.5. The van der Waals surface area contributed by atoms with Crippen molar-refractivity contribution in [3.05, 3.63) is 126 Å². The number of nitrogens with zero attached hydrogens (tertiary/aromatic N) is 2. The van der Waals surface area contributed by atoms with E-state index in [9.17, 15) is 24.8 Å². The van der Waals surface area contributed by atoms with Crippen LogP contribution in [0.1, 0.15) is 30.5 Å². The molecule has 9 nitrogen and oxygen atoms in total. The zero-order valence-corrected chi connectivity index (χ0v) is 26.3. The number of rotatable bonds is 9. The number of carbonyl (C=O) groups is 2. The second kappa shape index (κ2) is 13.6. The molecule has 4 aromatic rings. The van der Waals surface area contributed by atoms with Crippen LogP contribution in [0.25, 0.3) is 11.6 Å². The number of aliphatic hydroxyl groups excluding tert-OH is 1. The molecule has 0 bridgehead atoms. The van der Waals surface area contributed by atoms with E-state index in [1.54, 1.807) is 30.5 Å². The molecule has 0 radical (unpaired) electrons. The van der Waals surface area contributed by atoms with Crippen molar-refractivity contribution in [1.29, 1.82) is 0 Å². The zero-order chi connectivity index (χ0) is 33.2. The van der Waals surface area contributed by atoms with E-state index in [0.29, 0.717) is 29.7 Å². The number of allylic oxidation sites excluding steroid dienone is 1. The SMILES string of the molecule is O=C1[C@@H]2[C@@H](CC(CO)=C3[C@@H](CC/C(=C/c4ccccc4O)c4ccccn4)OB(O)C[C@@H]32)C(=O)N1c1ccc(Nc2ccccc2)cc1. The molecule has 0 spiro atoms. The number of fused-ring (bicyclic) bond motifs is 3. The lowest BCUT2D eigenvalue weighted by Gasteiger charge is -2.42. The average Bonchev–Trinajstić information content (AvgIpc) is 3.36. The minimum absolute atomic E-state index is 0.148. The molecule has 2 saturated heterocycles. The number of benzene rings is 3. The van der Waals surface area contributed by atoms with Crippen LogP contribution in [0.5, 0.6) is 5.75 Å². The largest absolute Gasteiger partial charge is 0.507 e. The van der Waals surface area contributed by atoms with Crippen LogP contribution in [0.3, 0.4) is 0 Å². The number of hydrogen-bond acceptors (Lipinski definition) is 8. The van der Waals surface area contributed by atoms with Crippen LogP contribution in [0.4, 0.5) is 17.1 Å². The summed E-state index contributed by atoms with van der Waals surface area (Å²) in [6.07, 6.45) is 4.34. The Labute approximate surface area is 279 Å². The summed E-state index contributed by atoms with van der Waals surface area (Å²) in [5.74, 6) is -2.20. The molecule has 1 aromatic heterocycles. The number of para-hydroxylation sites is 2. The first-order valence-electron chi connectivity index (χ1n) is 16.3. The Morgan fingerprint density at radius 2 is 1.65 bits per heavy atom. The molecule has 1 aliphatic carbocycles. The van der Waals surface area contributed by atoms with Crippen LogP contribution in [-0.2, 0) is 14.2 Å². The summed E-state index contributed by atoms with van der Waals surface area (Å²) in [6, 6.07) is 29.6. The van der Waals surface area contributed by atoms with Crippen molar-refractivity contribution in [3.8, 4) is 5.75 Å². The predicted octanol–water partition coefficient (Wildman–Crippen LogP) is 5.85. The third-order valence-corrected chi connectivity index (χ3v) is 9.62. The average molecular weight is 642 g/mol.